The summed E-state index contributed by atoms with van der Waals surface area (Å²) in [6.45, 7) is 4.13. The van der Waals surface area contributed by atoms with Gasteiger partial charge in [0.25, 0.3) is 5.56 Å². The molecule has 0 amide bonds. The van der Waals surface area contributed by atoms with Crippen LogP contribution in [0.2, 0.25) is 0 Å². The van der Waals surface area contributed by atoms with E-state index in [1.165, 1.54) is 10.4 Å². The molecule has 0 aromatic carbocycles. The molecule has 0 aliphatic heterocycles. The molecule has 2 heterocycles. The summed E-state index contributed by atoms with van der Waals surface area (Å²) in [7, 11) is 0. The third-order valence-electron chi connectivity index (χ3n) is 2.17. The average molecular weight is 193 g/mol. The number of aromatic amines is 1. The molecule has 0 saturated heterocycles. The number of fused-ring (bicyclic) bond motifs is 1. The normalized spacial score (nSPS) is 10.9. The molecule has 0 aliphatic rings. The summed E-state index contributed by atoms with van der Waals surface area (Å²) in [6.07, 6.45) is 2.78. The van der Waals surface area contributed by atoms with Gasteiger partial charge in [-0.25, -0.2) is 0 Å². The SMILES string of the molecule is CCc1c[nH]c(=O)c2sc(C)cc12. The fraction of sp³-hybridized carbons (Fsp3) is 0.300. The first-order valence-electron chi connectivity index (χ1n) is 4.33. The van der Waals surface area contributed by atoms with Crippen molar-refractivity contribution >= 4 is 21.4 Å². The second-order valence-electron chi connectivity index (χ2n) is 3.10. The third-order valence-corrected chi connectivity index (χ3v) is 3.22. The quantitative estimate of drug-likeness (QED) is 0.741. The van der Waals surface area contributed by atoms with E-state index < -0.39 is 0 Å². The smallest absolute Gasteiger partial charge is 0.265 e. The molecule has 68 valence electrons. The van der Waals surface area contributed by atoms with Gasteiger partial charge in [-0.05, 0) is 25.0 Å². The van der Waals surface area contributed by atoms with Gasteiger partial charge in [0, 0.05) is 16.5 Å². The van der Waals surface area contributed by atoms with Crippen molar-refractivity contribution in [2.45, 2.75) is 20.3 Å². The number of nitrogens with one attached hydrogen (secondary N) is 1. The van der Waals surface area contributed by atoms with Crippen LogP contribution in [0, 0.1) is 6.92 Å². The minimum absolute atomic E-state index is 0.0327. The molecular weight excluding hydrogens is 182 g/mol. The molecule has 2 aromatic heterocycles. The zero-order valence-electron chi connectivity index (χ0n) is 7.68. The van der Waals surface area contributed by atoms with Crippen molar-refractivity contribution in [2.75, 3.05) is 0 Å². The number of H-pyrrole nitrogens is 1. The Morgan fingerprint density at radius 2 is 2.31 bits per heavy atom. The van der Waals surface area contributed by atoms with E-state index in [4.69, 9.17) is 0 Å². The number of pyridine rings is 1. The van der Waals surface area contributed by atoms with Crippen LogP contribution in [0.1, 0.15) is 17.4 Å². The van der Waals surface area contributed by atoms with Crippen molar-refractivity contribution in [3.8, 4) is 0 Å². The van der Waals surface area contributed by atoms with E-state index in [1.54, 1.807) is 11.3 Å². The van der Waals surface area contributed by atoms with Crippen molar-refractivity contribution in [1.29, 1.82) is 0 Å². The fourth-order valence-corrected chi connectivity index (χ4v) is 2.46. The maximum atomic E-state index is 11.4. The van der Waals surface area contributed by atoms with Gasteiger partial charge in [-0.15, -0.1) is 11.3 Å². The molecule has 0 spiro atoms. The van der Waals surface area contributed by atoms with Crippen molar-refractivity contribution in [2.24, 2.45) is 0 Å². The van der Waals surface area contributed by atoms with Crippen LogP contribution in [-0.4, -0.2) is 4.98 Å². The molecule has 0 radical (unpaired) electrons. The fourth-order valence-electron chi connectivity index (χ4n) is 1.51. The predicted molar refractivity (Wildman–Crippen MR) is 56.6 cm³/mol. The van der Waals surface area contributed by atoms with Crippen LogP contribution in [0.25, 0.3) is 10.1 Å². The van der Waals surface area contributed by atoms with Gasteiger partial charge >= 0.3 is 0 Å². The van der Waals surface area contributed by atoms with Crippen LogP contribution in [0.15, 0.2) is 17.1 Å². The van der Waals surface area contributed by atoms with E-state index in [0.29, 0.717) is 0 Å². The lowest BCUT2D eigenvalue weighted by Gasteiger charge is -1.96. The van der Waals surface area contributed by atoms with E-state index in [1.807, 2.05) is 13.1 Å². The number of aryl methyl sites for hydroxylation is 2. The van der Waals surface area contributed by atoms with Crippen LogP contribution in [-0.2, 0) is 6.42 Å². The van der Waals surface area contributed by atoms with E-state index in [-0.39, 0.29) is 5.56 Å². The molecule has 0 saturated carbocycles. The van der Waals surface area contributed by atoms with E-state index in [2.05, 4.69) is 18.0 Å². The zero-order chi connectivity index (χ0) is 9.42. The highest BCUT2D eigenvalue weighted by Gasteiger charge is 2.05. The number of thiophene rings is 1. The number of hydrogen-bond acceptors (Lipinski definition) is 2. The van der Waals surface area contributed by atoms with Crippen molar-refractivity contribution < 1.29 is 0 Å². The number of hydrogen-bond donors (Lipinski definition) is 1. The third kappa shape index (κ3) is 1.29. The van der Waals surface area contributed by atoms with Gasteiger partial charge in [0.1, 0.15) is 0 Å². The number of aromatic nitrogens is 1. The summed E-state index contributed by atoms with van der Waals surface area (Å²) < 4.78 is 0.858. The maximum absolute atomic E-state index is 11.4. The summed E-state index contributed by atoms with van der Waals surface area (Å²) in [5, 5.41) is 1.12. The molecule has 2 rings (SSSR count). The topological polar surface area (TPSA) is 32.9 Å². The lowest BCUT2D eigenvalue weighted by Crippen LogP contribution is -2.04. The van der Waals surface area contributed by atoms with Gasteiger partial charge in [-0.2, -0.15) is 0 Å². The summed E-state index contributed by atoms with van der Waals surface area (Å²) in [4.78, 5) is 15.4. The Kier molecular flexibility index (Phi) is 1.96. The highest BCUT2D eigenvalue weighted by molar-refractivity contribution is 7.18. The zero-order valence-corrected chi connectivity index (χ0v) is 8.49. The Morgan fingerprint density at radius 1 is 1.54 bits per heavy atom. The monoisotopic (exact) mass is 193 g/mol. The minimum atomic E-state index is 0.0327. The van der Waals surface area contributed by atoms with E-state index in [0.717, 1.165) is 16.5 Å². The molecule has 13 heavy (non-hydrogen) atoms. The predicted octanol–water partition coefficient (Wildman–Crippen LogP) is 2.46. The summed E-state index contributed by atoms with van der Waals surface area (Å²) in [5.41, 5.74) is 1.25. The molecular formula is C10H11NOS. The van der Waals surface area contributed by atoms with Gasteiger partial charge in [0.15, 0.2) is 0 Å². The first-order valence-corrected chi connectivity index (χ1v) is 5.14. The van der Waals surface area contributed by atoms with Crippen LogP contribution >= 0.6 is 11.3 Å². The lowest BCUT2D eigenvalue weighted by molar-refractivity contribution is 1.12. The Bertz CT molecular complexity index is 495. The molecule has 0 aliphatic carbocycles. The van der Waals surface area contributed by atoms with Crippen molar-refractivity contribution in [3.05, 3.63) is 33.1 Å². The van der Waals surface area contributed by atoms with Crippen LogP contribution in [0.4, 0.5) is 0 Å². The van der Waals surface area contributed by atoms with Gasteiger partial charge in [0.2, 0.25) is 0 Å². The van der Waals surface area contributed by atoms with E-state index in [9.17, 15) is 4.79 Å². The standard InChI is InChI=1S/C10H11NOS/c1-3-7-5-11-10(12)9-8(7)4-6(2)13-9/h4-5H,3H2,1-2H3,(H,11,12). The minimum Gasteiger partial charge on any atom is -0.328 e. The Labute approximate surface area is 80.2 Å². The van der Waals surface area contributed by atoms with Gasteiger partial charge in [-0.3, -0.25) is 4.79 Å². The van der Waals surface area contributed by atoms with E-state index >= 15 is 0 Å². The van der Waals surface area contributed by atoms with Crippen molar-refractivity contribution in [1.82, 2.24) is 4.98 Å². The first-order chi connectivity index (χ1) is 6.22. The average Bonchev–Trinajstić information content (AvgIpc) is 2.48. The molecule has 0 atom stereocenters. The molecule has 0 fully saturated rings. The second kappa shape index (κ2) is 3.00. The van der Waals surface area contributed by atoms with Crippen molar-refractivity contribution in [3.63, 3.8) is 0 Å². The highest BCUT2D eigenvalue weighted by atomic mass is 32.1. The Morgan fingerprint density at radius 3 is 3.00 bits per heavy atom. The lowest BCUT2D eigenvalue weighted by atomic mass is 10.1. The highest BCUT2D eigenvalue weighted by Crippen LogP contribution is 2.24. The molecule has 3 heteroatoms. The second-order valence-corrected chi connectivity index (χ2v) is 4.35. The summed E-state index contributed by atoms with van der Waals surface area (Å²) in [6, 6.07) is 2.09. The van der Waals surface area contributed by atoms with Crippen LogP contribution in [0.5, 0.6) is 0 Å². The molecule has 2 aromatic rings. The van der Waals surface area contributed by atoms with Crippen LogP contribution < -0.4 is 5.56 Å². The Hall–Kier alpha value is -1.09. The molecule has 0 unspecified atom stereocenters. The summed E-state index contributed by atoms with van der Waals surface area (Å²) >= 11 is 1.56. The molecule has 0 bridgehead atoms. The molecule has 1 N–H and O–H groups in total. The van der Waals surface area contributed by atoms with Gasteiger partial charge in [0.05, 0.1) is 4.70 Å². The number of rotatable bonds is 1. The summed E-state index contributed by atoms with van der Waals surface area (Å²) in [5.74, 6) is 0. The van der Waals surface area contributed by atoms with Crippen LogP contribution in [0.3, 0.4) is 0 Å². The Balaban J connectivity index is 2.92. The van der Waals surface area contributed by atoms with Gasteiger partial charge in [-0.1, -0.05) is 6.92 Å². The molecule has 2 nitrogen and oxygen atoms in total. The largest absolute Gasteiger partial charge is 0.328 e. The first kappa shape index (κ1) is 8.51. The maximum Gasteiger partial charge on any atom is 0.265 e. The van der Waals surface area contributed by atoms with Gasteiger partial charge < -0.3 is 4.98 Å².